The van der Waals surface area contributed by atoms with E-state index in [0.717, 1.165) is 0 Å². The van der Waals surface area contributed by atoms with Crippen LogP contribution in [0.3, 0.4) is 0 Å². The van der Waals surface area contributed by atoms with Crippen LogP contribution in [0.4, 0.5) is 0 Å². The number of aliphatic hydroxyl groups is 1. The molecule has 2 nitrogen and oxygen atoms in total. The zero-order chi connectivity index (χ0) is 8.59. The van der Waals surface area contributed by atoms with E-state index in [0.29, 0.717) is 11.8 Å². The fourth-order valence-electron chi connectivity index (χ4n) is 1.50. The molecule has 2 radical (unpaired) electrons. The molecule has 1 saturated heterocycles. The molecule has 1 fully saturated rings. The van der Waals surface area contributed by atoms with Crippen molar-refractivity contribution < 1.29 is 75.3 Å². The Morgan fingerprint density at radius 1 is 1.00 bits per heavy atom. The maximum Gasteiger partial charge on any atom is 0.154 e. The molecule has 1 rings (SSSR count). The van der Waals surface area contributed by atoms with Crippen LogP contribution in [0, 0.1) is 24.7 Å². The Bertz CT molecular complexity index is 130. The summed E-state index contributed by atoms with van der Waals surface area (Å²) in [5.74, 6) is 1.15. The van der Waals surface area contributed by atoms with Gasteiger partial charge < -0.3 is 16.8 Å². The van der Waals surface area contributed by atoms with Crippen molar-refractivity contribution in [2.45, 2.75) is 33.2 Å². The summed E-state index contributed by atoms with van der Waals surface area (Å²) in [5.41, 5.74) is 0. The van der Waals surface area contributed by atoms with E-state index in [1.165, 1.54) is 0 Å². The minimum atomic E-state index is -0.622. The summed E-state index contributed by atoms with van der Waals surface area (Å²) < 4.78 is 5.23. The molecule has 1 heterocycles. The van der Waals surface area contributed by atoms with E-state index in [-0.39, 0.29) is 77.4 Å². The number of hydrogen-bond acceptors (Lipinski definition) is 2. The van der Waals surface area contributed by atoms with Crippen molar-refractivity contribution >= 4 is 0 Å². The van der Waals surface area contributed by atoms with Gasteiger partial charge in [0.2, 0.25) is 0 Å². The summed E-state index contributed by atoms with van der Waals surface area (Å²) >= 11 is 0. The van der Waals surface area contributed by atoms with Gasteiger partial charge in [0.05, 0.1) is 0 Å². The number of rotatable bonds is 0. The first-order valence-electron chi connectivity index (χ1n) is 4.20. The first-order valence-corrected chi connectivity index (χ1v) is 4.20. The zero-order valence-electron chi connectivity index (χ0n) is 8.60. The molecular formula is C9H17O2Y2-. The maximum atomic E-state index is 9.37. The van der Waals surface area contributed by atoms with Crippen LogP contribution in [0.2, 0.25) is 0 Å². The van der Waals surface area contributed by atoms with Crippen LogP contribution in [-0.2, 0) is 70.2 Å². The van der Waals surface area contributed by atoms with Crippen molar-refractivity contribution in [3.8, 4) is 0 Å². The van der Waals surface area contributed by atoms with E-state index in [1.54, 1.807) is 0 Å². The Labute approximate surface area is 131 Å². The van der Waals surface area contributed by atoms with Gasteiger partial charge in [0.1, 0.15) is 0 Å². The van der Waals surface area contributed by atoms with E-state index >= 15 is 0 Å². The molecular weight excluding hydrogens is 318 g/mol. The molecule has 13 heavy (non-hydrogen) atoms. The van der Waals surface area contributed by atoms with Crippen LogP contribution in [0.15, 0.2) is 0 Å². The summed E-state index contributed by atoms with van der Waals surface area (Å²) in [6.45, 7) is 10.1. The summed E-state index contributed by atoms with van der Waals surface area (Å²) in [4.78, 5) is 0. The second-order valence-corrected chi connectivity index (χ2v) is 3.64. The van der Waals surface area contributed by atoms with Crippen molar-refractivity contribution in [2.75, 3.05) is 0 Å². The minimum absolute atomic E-state index is 0. The van der Waals surface area contributed by atoms with E-state index in [9.17, 15) is 5.11 Å². The number of hydrogen-bond donors (Lipinski definition) is 1. The fraction of sp³-hybridized carbons (Fsp3) is 0.889. The Kier molecular flexibility index (Phi) is 9.99. The molecule has 5 unspecified atom stereocenters. The van der Waals surface area contributed by atoms with Crippen molar-refractivity contribution in [1.82, 2.24) is 0 Å². The van der Waals surface area contributed by atoms with Gasteiger partial charge in [-0.1, -0.05) is 26.9 Å². The topological polar surface area (TPSA) is 29.5 Å². The summed E-state index contributed by atoms with van der Waals surface area (Å²) in [7, 11) is 0. The normalized spacial score (nSPS) is 44.5. The molecule has 72 valence electrons. The molecule has 0 aromatic carbocycles. The predicted molar refractivity (Wildman–Crippen MR) is 43.7 cm³/mol. The minimum Gasteiger partial charge on any atom is -0.381 e. The van der Waals surface area contributed by atoms with Gasteiger partial charge in [-0.15, -0.1) is 0 Å². The van der Waals surface area contributed by atoms with Gasteiger partial charge in [-0.3, -0.25) is 0 Å². The van der Waals surface area contributed by atoms with Crippen molar-refractivity contribution in [3.63, 3.8) is 0 Å². The van der Waals surface area contributed by atoms with E-state index in [2.05, 4.69) is 20.8 Å². The van der Waals surface area contributed by atoms with Gasteiger partial charge in [0, 0.05) is 71.3 Å². The third-order valence-corrected chi connectivity index (χ3v) is 3.01. The average Bonchev–Trinajstić information content (AvgIpc) is 1.97. The summed E-state index contributed by atoms with van der Waals surface area (Å²) in [6, 6.07) is 0. The molecule has 0 amide bonds. The van der Waals surface area contributed by atoms with Crippen molar-refractivity contribution in [1.29, 1.82) is 0 Å². The third kappa shape index (κ3) is 4.24. The summed E-state index contributed by atoms with van der Waals surface area (Å²) in [5, 5.41) is 9.37. The molecule has 0 spiro atoms. The molecule has 0 aromatic heterocycles. The monoisotopic (exact) mass is 335 g/mol. The van der Waals surface area contributed by atoms with Crippen molar-refractivity contribution in [3.05, 3.63) is 6.92 Å². The quantitative estimate of drug-likeness (QED) is 0.679. The van der Waals surface area contributed by atoms with Crippen LogP contribution in [0.5, 0.6) is 0 Å². The van der Waals surface area contributed by atoms with Gasteiger partial charge in [0.25, 0.3) is 0 Å². The van der Waals surface area contributed by atoms with E-state index in [4.69, 9.17) is 4.74 Å². The SMILES string of the molecule is [CH2-]C1OC(O)C(C)C(C)C1C.[Y].[Y]. The van der Waals surface area contributed by atoms with Crippen LogP contribution >= 0.6 is 0 Å². The van der Waals surface area contributed by atoms with Crippen LogP contribution in [0.25, 0.3) is 0 Å². The molecule has 5 atom stereocenters. The first-order chi connectivity index (χ1) is 5.04. The number of ether oxygens (including phenoxy) is 1. The van der Waals surface area contributed by atoms with E-state index in [1.807, 2.05) is 6.92 Å². The van der Waals surface area contributed by atoms with Gasteiger partial charge in [-0.25, -0.2) is 0 Å². The van der Waals surface area contributed by atoms with Crippen LogP contribution in [0.1, 0.15) is 20.8 Å². The van der Waals surface area contributed by atoms with Gasteiger partial charge >= 0.3 is 0 Å². The molecule has 4 heteroatoms. The smallest absolute Gasteiger partial charge is 0.154 e. The van der Waals surface area contributed by atoms with Crippen LogP contribution < -0.4 is 0 Å². The van der Waals surface area contributed by atoms with Gasteiger partial charge in [-0.05, 0) is 11.8 Å². The largest absolute Gasteiger partial charge is 0.381 e. The van der Waals surface area contributed by atoms with E-state index < -0.39 is 6.29 Å². The fourth-order valence-corrected chi connectivity index (χ4v) is 1.50. The van der Waals surface area contributed by atoms with Gasteiger partial charge in [-0.2, -0.15) is 0 Å². The third-order valence-electron chi connectivity index (χ3n) is 3.01. The first kappa shape index (κ1) is 17.5. The Morgan fingerprint density at radius 3 is 1.92 bits per heavy atom. The maximum absolute atomic E-state index is 9.37. The Balaban J connectivity index is 0. The standard InChI is InChI=1S/C9H17O2.2Y/c1-5-6(2)8(4)11-9(10)7(5)3;;/h5-10H,4H2,1-3H3;;/q-1;;. The molecule has 0 aliphatic carbocycles. The van der Waals surface area contributed by atoms with Crippen LogP contribution in [-0.4, -0.2) is 17.5 Å². The molecule has 0 saturated carbocycles. The molecule has 0 aromatic rings. The molecule has 0 bridgehead atoms. The second kappa shape index (κ2) is 7.41. The Morgan fingerprint density at radius 2 is 1.46 bits per heavy atom. The van der Waals surface area contributed by atoms with Gasteiger partial charge in [0.15, 0.2) is 6.29 Å². The Hall–Kier alpha value is 2.13. The second-order valence-electron chi connectivity index (χ2n) is 3.64. The predicted octanol–water partition coefficient (Wildman–Crippen LogP) is 1.44. The van der Waals surface area contributed by atoms with Crippen molar-refractivity contribution in [2.24, 2.45) is 17.8 Å². The molecule has 1 N–H and O–H groups in total. The summed E-state index contributed by atoms with van der Waals surface area (Å²) in [6.07, 6.45) is -0.681. The average molecular weight is 335 g/mol. The zero-order valence-corrected chi connectivity index (χ0v) is 14.3. The molecule has 1 aliphatic rings. The molecule has 1 aliphatic heterocycles. The number of aliphatic hydroxyl groups excluding tert-OH is 1.